The van der Waals surface area contributed by atoms with E-state index in [0.717, 1.165) is 31.2 Å². The highest BCUT2D eigenvalue weighted by Gasteiger charge is 2.29. The van der Waals surface area contributed by atoms with Gasteiger partial charge in [-0.1, -0.05) is 42.5 Å². The predicted octanol–water partition coefficient (Wildman–Crippen LogP) is 4.14. The van der Waals surface area contributed by atoms with Crippen LogP contribution >= 0.6 is 0 Å². The third kappa shape index (κ3) is 6.49. The Hall–Kier alpha value is -3.92. The van der Waals surface area contributed by atoms with Crippen molar-refractivity contribution in [2.24, 2.45) is 17.6 Å². The smallest absolute Gasteiger partial charge is 0.329 e. The van der Waals surface area contributed by atoms with E-state index in [9.17, 15) is 9.59 Å². The second kappa shape index (κ2) is 12.6. The molecule has 1 aliphatic carbocycles. The number of aromatic nitrogens is 2. The Morgan fingerprint density at radius 3 is 2.42 bits per heavy atom. The average Bonchev–Trinajstić information content (AvgIpc) is 3.26. The number of amides is 1. The van der Waals surface area contributed by atoms with Gasteiger partial charge in [0.15, 0.2) is 18.2 Å². The van der Waals surface area contributed by atoms with Gasteiger partial charge in [0.05, 0.1) is 19.3 Å². The van der Waals surface area contributed by atoms with E-state index in [1.165, 1.54) is 13.2 Å². The molecule has 4 rings (SSSR count). The number of carbonyl (C=O) groups excluding carboxylic acids is 1. The molecule has 1 aliphatic rings. The quantitative estimate of drug-likeness (QED) is 0.364. The molecule has 38 heavy (non-hydrogen) atoms. The van der Waals surface area contributed by atoms with Gasteiger partial charge in [-0.2, -0.15) is 5.10 Å². The van der Waals surface area contributed by atoms with Crippen molar-refractivity contribution in [3.63, 3.8) is 0 Å². The standard InChI is InChI=1S/C28H32FN3O6/c1-36-22-9-5-8-21(26(22)29)25-27(20-6-3-2-4-7-20)31-32(28(25)38-16-23(30)33)14-18-10-12-19(13-11-18)15-37-17-24(34)35/h2-9,18-19H,10-17H2,1H3,(H2,30,33)(H,34,35). The van der Waals surface area contributed by atoms with Crippen molar-refractivity contribution in [1.82, 2.24) is 9.78 Å². The van der Waals surface area contributed by atoms with Crippen LogP contribution in [0.1, 0.15) is 25.7 Å². The van der Waals surface area contributed by atoms with Crippen LogP contribution in [0.5, 0.6) is 11.6 Å². The van der Waals surface area contributed by atoms with Gasteiger partial charge in [0.25, 0.3) is 5.91 Å². The van der Waals surface area contributed by atoms with Gasteiger partial charge >= 0.3 is 5.97 Å². The van der Waals surface area contributed by atoms with Gasteiger partial charge in [0.1, 0.15) is 12.3 Å². The Labute approximate surface area is 220 Å². The number of hydrogen-bond donors (Lipinski definition) is 2. The fourth-order valence-electron chi connectivity index (χ4n) is 4.90. The summed E-state index contributed by atoms with van der Waals surface area (Å²) >= 11 is 0. The van der Waals surface area contributed by atoms with Gasteiger partial charge < -0.3 is 25.1 Å². The molecule has 202 valence electrons. The number of ether oxygens (including phenoxy) is 3. The highest BCUT2D eigenvalue weighted by molar-refractivity contribution is 5.86. The van der Waals surface area contributed by atoms with E-state index in [2.05, 4.69) is 0 Å². The van der Waals surface area contributed by atoms with Crippen LogP contribution in [-0.4, -0.2) is 53.7 Å². The summed E-state index contributed by atoms with van der Waals surface area (Å²) in [5.41, 5.74) is 7.35. The van der Waals surface area contributed by atoms with Crippen molar-refractivity contribution in [3.05, 3.63) is 54.3 Å². The zero-order valence-corrected chi connectivity index (χ0v) is 21.3. The Balaban J connectivity index is 1.68. The summed E-state index contributed by atoms with van der Waals surface area (Å²) in [6.45, 7) is 0.249. The maximum absolute atomic E-state index is 15.5. The maximum Gasteiger partial charge on any atom is 0.329 e. The minimum atomic E-state index is -0.974. The minimum absolute atomic E-state index is 0.0820. The first kappa shape index (κ1) is 27.1. The molecule has 9 nitrogen and oxygen atoms in total. The Morgan fingerprint density at radius 2 is 1.76 bits per heavy atom. The van der Waals surface area contributed by atoms with E-state index in [1.807, 2.05) is 30.3 Å². The number of carbonyl (C=O) groups is 2. The topological polar surface area (TPSA) is 126 Å². The van der Waals surface area contributed by atoms with Crippen molar-refractivity contribution >= 4 is 11.9 Å². The van der Waals surface area contributed by atoms with E-state index in [-0.39, 0.29) is 36.3 Å². The fourth-order valence-corrected chi connectivity index (χ4v) is 4.90. The Morgan fingerprint density at radius 1 is 1.05 bits per heavy atom. The van der Waals surface area contributed by atoms with Crippen molar-refractivity contribution < 1.29 is 33.3 Å². The van der Waals surface area contributed by atoms with E-state index in [0.29, 0.717) is 30.3 Å². The number of benzene rings is 2. The van der Waals surface area contributed by atoms with E-state index in [4.69, 9.17) is 30.1 Å². The van der Waals surface area contributed by atoms with Crippen molar-refractivity contribution in [3.8, 4) is 34.0 Å². The van der Waals surface area contributed by atoms with Crippen LogP contribution in [0.15, 0.2) is 48.5 Å². The molecule has 10 heteroatoms. The van der Waals surface area contributed by atoms with E-state index < -0.39 is 17.7 Å². The van der Waals surface area contributed by atoms with Crippen LogP contribution in [-0.2, 0) is 20.9 Å². The number of primary amides is 1. The molecule has 1 saturated carbocycles. The average molecular weight is 526 g/mol. The summed E-state index contributed by atoms with van der Waals surface area (Å²) < 4.78 is 33.6. The van der Waals surface area contributed by atoms with Crippen LogP contribution in [0, 0.1) is 17.7 Å². The number of carboxylic acid groups (broad SMARTS) is 1. The summed E-state index contributed by atoms with van der Waals surface area (Å²) in [6, 6.07) is 14.3. The molecular formula is C28H32FN3O6. The zero-order chi connectivity index (χ0) is 27.1. The Bertz CT molecular complexity index is 1250. The van der Waals surface area contributed by atoms with E-state index >= 15 is 4.39 Å². The second-order valence-corrected chi connectivity index (χ2v) is 9.45. The summed E-state index contributed by atoms with van der Waals surface area (Å²) in [5.74, 6) is -1.28. The Kier molecular flexibility index (Phi) is 8.96. The molecule has 0 radical (unpaired) electrons. The largest absolute Gasteiger partial charge is 0.494 e. The number of halogens is 1. The molecule has 2 aromatic carbocycles. The van der Waals surface area contributed by atoms with Gasteiger partial charge in [-0.25, -0.2) is 13.9 Å². The van der Waals surface area contributed by atoms with Gasteiger partial charge in [-0.05, 0) is 43.6 Å². The number of carboxylic acids is 1. The second-order valence-electron chi connectivity index (χ2n) is 9.45. The van der Waals surface area contributed by atoms with Gasteiger partial charge in [-0.15, -0.1) is 0 Å². The predicted molar refractivity (Wildman–Crippen MR) is 138 cm³/mol. The molecule has 0 bridgehead atoms. The highest BCUT2D eigenvalue weighted by atomic mass is 19.1. The molecule has 1 amide bonds. The first-order chi connectivity index (χ1) is 18.4. The lowest BCUT2D eigenvalue weighted by atomic mass is 9.82. The number of nitrogens with two attached hydrogens (primary N) is 1. The summed E-state index contributed by atoms with van der Waals surface area (Å²) in [7, 11) is 1.40. The first-order valence-corrected chi connectivity index (χ1v) is 12.6. The fraction of sp³-hybridized carbons (Fsp3) is 0.393. The van der Waals surface area contributed by atoms with E-state index in [1.54, 1.807) is 16.8 Å². The molecule has 1 heterocycles. The molecule has 0 spiro atoms. The third-order valence-electron chi connectivity index (χ3n) is 6.73. The zero-order valence-electron chi connectivity index (χ0n) is 21.3. The third-order valence-corrected chi connectivity index (χ3v) is 6.73. The lowest BCUT2D eigenvalue weighted by molar-refractivity contribution is -0.142. The van der Waals surface area contributed by atoms with Crippen molar-refractivity contribution in [2.45, 2.75) is 32.2 Å². The van der Waals surface area contributed by atoms with Crippen LogP contribution in [0.2, 0.25) is 0 Å². The molecule has 3 aromatic rings. The van der Waals surface area contributed by atoms with Gasteiger partial charge in [0.2, 0.25) is 5.88 Å². The summed E-state index contributed by atoms with van der Waals surface area (Å²) in [5, 5.41) is 13.6. The lowest BCUT2D eigenvalue weighted by Gasteiger charge is -2.28. The number of rotatable bonds is 12. The number of methoxy groups -OCH3 is 1. The SMILES string of the molecule is COc1cccc(-c2c(-c3ccccc3)nn(CC3CCC(COCC(=O)O)CC3)c2OCC(N)=O)c1F. The molecule has 1 fully saturated rings. The normalized spacial score (nSPS) is 17.2. The lowest BCUT2D eigenvalue weighted by Crippen LogP contribution is -2.24. The molecule has 0 atom stereocenters. The molecular weight excluding hydrogens is 493 g/mol. The van der Waals surface area contributed by atoms with Crippen LogP contribution in [0.4, 0.5) is 4.39 Å². The van der Waals surface area contributed by atoms with Crippen molar-refractivity contribution in [1.29, 1.82) is 0 Å². The highest BCUT2D eigenvalue weighted by Crippen LogP contribution is 2.43. The number of aliphatic carboxylic acids is 1. The first-order valence-electron chi connectivity index (χ1n) is 12.6. The molecule has 1 aromatic heterocycles. The summed E-state index contributed by atoms with van der Waals surface area (Å²) in [6.07, 6.45) is 3.57. The number of hydrogen-bond acceptors (Lipinski definition) is 6. The van der Waals surface area contributed by atoms with Gasteiger partial charge in [0, 0.05) is 17.7 Å². The van der Waals surface area contributed by atoms with Gasteiger partial charge in [-0.3, -0.25) is 4.79 Å². The van der Waals surface area contributed by atoms with Crippen molar-refractivity contribution in [2.75, 3.05) is 26.9 Å². The molecule has 0 aliphatic heterocycles. The van der Waals surface area contributed by atoms with Crippen LogP contribution < -0.4 is 15.2 Å². The molecule has 0 saturated heterocycles. The monoisotopic (exact) mass is 525 g/mol. The molecule has 3 N–H and O–H groups in total. The summed E-state index contributed by atoms with van der Waals surface area (Å²) in [4.78, 5) is 22.4. The molecule has 0 unspecified atom stereocenters. The number of nitrogens with zero attached hydrogens (tertiary/aromatic N) is 2. The van der Waals surface area contributed by atoms with Crippen LogP contribution in [0.25, 0.3) is 22.4 Å². The minimum Gasteiger partial charge on any atom is -0.494 e. The maximum atomic E-state index is 15.5. The van der Waals surface area contributed by atoms with Crippen LogP contribution in [0.3, 0.4) is 0 Å².